The minimum absolute atomic E-state index is 0.159. The Balaban J connectivity index is 1.67. The van der Waals surface area contributed by atoms with E-state index in [2.05, 4.69) is 20.3 Å². The van der Waals surface area contributed by atoms with E-state index in [0.717, 1.165) is 16.8 Å². The van der Waals surface area contributed by atoms with E-state index in [9.17, 15) is 4.79 Å². The molecular formula is C22H29N7O3. The van der Waals surface area contributed by atoms with Crippen LogP contribution in [0.25, 0.3) is 10.9 Å². The maximum atomic E-state index is 13.0. The molecule has 3 heterocycles. The van der Waals surface area contributed by atoms with Gasteiger partial charge in [-0.1, -0.05) is 13.8 Å². The van der Waals surface area contributed by atoms with Crippen molar-refractivity contribution in [3.8, 4) is 5.75 Å². The molecule has 2 aromatic heterocycles. The van der Waals surface area contributed by atoms with Crippen LogP contribution in [0.4, 0.5) is 17.7 Å². The fourth-order valence-corrected chi connectivity index (χ4v) is 3.95. The number of benzene rings is 1. The number of aromatic amines is 1. The SMILES string of the molecule is COCCNc1nc(N)c2c(n1)CCN(c1nc3cc(OC)cc(C(C)C)c3c(=O)[nH]1)C2. The molecule has 170 valence electrons. The van der Waals surface area contributed by atoms with Crippen LogP contribution in [-0.4, -0.2) is 53.9 Å². The van der Waals surface area contributed by atoms with E-state index in [1.54, 1.807) is 20.3 Å². The number of fused-ring (bicyclic) bond motifs is 2. The summed E-state index contributed by atoms with van der Waals surface area (Å²) in [4.78, 5) is 31.7. The molecule has 4 rings (SSSR count). The zero-order chi connectivity index (χ0) is 22.8. The monoisotopic (exact) mass is 439 g/mol. The molecule has 0 bridgehead atoms. The molecule has 4 N–H and O–H groups in total. The minimum Gasteiger partial charge on any atom is -0.497 e. The van der Waals surface area contributed by atoms with Gasteiger partial charge in [0, 0.05) is 38.2 Å². The van der Waals surface area contributed by atoms with Crippen LogP contribution in [0, 0.1) is 0 Å². The number of nitrogens with one attached hydrogen (secondary N) is 2. The van der Waals surface area contributed by atoms with Gasteiger partial charge in [0.05, 0.1) is 36.9 Å². The van der Waals surface area contributed by atoms with E-state index in [1.165, 1.54) is 0 Å². The molecule has 0 saturated heterocycles. The summed E-state index contributed by atoms with van der Waals surface area (Å²) in [6.45, 7) is 6.36. The first kappa shape index (κ1) is 21.8. The number of rotatable bonds is 7. The molecule has 0 aliphatic carbocycles. The standard InChI is InChI=1S/C22H29N7O3/c1-12(2)14-9-13(32-4)10-17-18(14)20(30)28-22(26-17)29-7-5-16-15(11-29)19(23)27-21(25-16)24-6-8-31-3/h9-10,12H,5-8,11H2,1-4H3,(H,26,28,30)(H3,23,24,25,27). The fourth-order valence-electron chi connectivity index (χ4n) is 3.95. The number of nitrogens with zero attached hydrogens (tertiary/aromatic N) is 4. The van der Waals surface area contributed by atoms with Gasteiger partial charge in [0.15, 0.2) is 0 Å². The summed E-state index contributed by atoms with van der Waals surface area (Å²) in [5, 5.41) is 3.71. The molecule has 0 amide bonds. The molecule has 0 atom stereocenters. The Morgan fingerprint density at radius 3 is 2.78 bits per heavy atom. The van der Waals surface area contributed by atoms with Crippen molar-refractivity contribution < 1.29 is 9.47 Å². The fraction of sp³-hybridized carbons (Fsp3) is 0.455. The van der Waals surface area contributed by atoms with Gasteiger partial charge < -0.3 is 25.4 Å². The van der Waals surface area contributed by atoms with Crippen molar-refractivity contribution in [2.24, 2.45) is 0 Å². The zero-order valence-electron chi connectivity index (χ0n) is 18.9. The average molecular weight is 440 g/mol. The molecule has 32 heavy (non-hydrogen) atoms. The predicted octanol–water partition coefficient (Wildman–Crippen LogP) is 2.05. The van der Waals surface area contributed by atoms with Gasteiger partial charge in [0.1, 0.15) is 11.6 Å². The number of hydrogen-bond donors (Lipinski definition) is 3. The lowest BCUT2D eigenvalue weighted by Crippen LogP contribution is -2.34. The van der Waals surface area contributed by atoms with Crippen molar-refractivity contribution >= 4 is 28.6 Å². The highest BCUT2D eigenvalue weighted by molar-refractivity contribution is 5.84. The molecule has 1 aliphatic rings. The summed E-state index contributed by atoms with van der Waals surface area (Å²) in [6, 6.07) is 3.70. The van der Waals surface area contributed by atoms with Gasteiger partial charge in [-0.05, 0) is 17.5 Å². The number of nitrogens with two attached hydrogens (primary N) is 1. The van der Waals surface area contributed by atoms with Crippen LogP contribution >= 0.6 is 0 Å². The van der Waals surface area contributed by atoms with E-state index < -0.39 is 0 Å². The zero-order valence-corrected chi connectivity index (χ0v) is 18.9. The van der Waals surface area contributed by atoms with E-state index in [-0.39, 0.29) is 11.5 Å². The molecule has 0 radical (unpaired) electrons. The second-order valence-electron chi connectivity index (χ2n) is 8.10. The van der Waals surface area contributed by atoms with E-state index >= 15 is 0 Å². The summed E-state index contributed by atoms with van der Waals surface area (Å²) < 4.78 is 10.5. The number of nitrogen functional groups attached to an aromatic ring is 1. The second kappa shape index (κ2) is 8.99. The summed E-state index contributed by atoms with van der Waals surface area (Å²) in [5.41, 5.74) is 9.35. The molecule has 0 unspecified atom stereocenters. The molecular weight excluding hydrogens is 410 g/mol. The van der Waals surface area contributed by atoms with Gasteiger partial charge in [0.2, 0.25) is 11.9 Å². The summed E-state index contributed by atoms with van der Waals surface area (Å²) in [7, 11) is 3.26. The van der Waals surface area contributed by atoms with E-state index in [1.807, 2.05) is 24.8 Å². The van der Waals surface area contributed by atoms with Crippen molar-refractivity contribution in [2.45, 2.75) is 32.7 Å². The van der Waals surface area contributed by atoms with Crippen LogP contribution in [0.1, 0.15) is 36.6 Å². The lowest BCUT2D eigenvalue weighted by atomic mass is 9.98. The molecule has 0 spiro atoms. The van der Waals surface area contributed by atoms with Crippen molar-refractivity contribution in [3.63, 3.8) is 0 Å². The number of methoxy groups -OCH3 is 2. The van der Waals surface area contributed by atoms with Crippen LogP contribution in [0.2, 0.25) is 0 Å². The highest BCUT2D eigenvalue weighted by Gasteiger charge is 2.24. The molecule has 10 nitrogen and oxygen atoms in total. The van der Waals surface area contributed by atoms with Gasteiger partial charge >= 0.3 is 0 Å². The first-order valence-corrected chi connectivity index (χ1v) is 10.7. The van der Waals surface area contributed by atoms with Gasteiger partial charge in [0.25, 0.3) is 5.56 Å². The lowest BCUT2D eigenvalue weighted by Gasteiger charge is -2.29. The first-order chi connectivity index (χ1) is 15.4. The number of anilines is 3. The van der Waals surface area contributed by atoms with Crippen LogP contribution in [0.5, 0.6) is 5.75 Å². The van der Waals surface area contributed by atoms with Crippen LogP contribution < -0.4 is 26.2 Å². The number of ether oxygens (including phenoxy) is 2. The number of hydrogen-bond acceptors (Lipinski definition) is 9. The van der Waals surface area contributed by atoms with Crippen LogP contribution in [-0.2, 0) is 17.7 Å². The minimum atomic E-state index is -0.163. The Labute approximate surface area is 186 Å². The third kappa shape index (κ3) is 4.18. The second-order valence-corrected chi connectivity index (χ2v) is 8.10. The Hall–Kier alpha value is -3.40. The normalized spacial score (nSPS) is 13.5. The number of aromatic nitrogens is 4. The molecule has 0 saturated carbocycles. The van der Waals surface area contributed by atoms with Crippen molar-refractivity contribution in [3.05, 3.63) is 39.3 Å². The lowest BCUT2D eigenvalue weighted by molar-refractivity contribution is 0.210. The molecule has 3 aromatic rings. The van der Waals surface area contributed by atoms with Gasteiger partial charge in [-0.2, -0.15) is 4.98 Å². The molecule has 0 fully saturated rings. The Kier molecular flexibility index (Phi) is 6.13. The van der Waals surface area contributed by atoms with E-state index in [4.69, 9.17) is 20.2 Å². The van der Waals surface area contributed by atoms with Crippen molar-refractivity contribution in [1.82, 2.24) is 19.9 Å². The maximum absolute atomic E-state index is 13.0. The van der Waals surface area contributed by atoms with Gasteiger partial charge in [-0.3, -0.25) is 9.78 Å². The average Bonchev–Trinajstić information content (AvgIpc) is 2.78. The van der Waals surface area contributed by atoms with Crippen LogP contribution in [0.3, 0.4) is 0 Å². The summed E-state index contributed by atoms with van der Waals surface area (Å²) in [5.74, 6) is 2.26. The maximum Gasteiger partial charge on any atom is 0.260 e. The third-order valence-corrected chi connectivity index (χ3v) is 5.64. The van der Waals surface area contributed by atoms with Gasteiger partial charge in [-0.15, -0.1) is 0 Å². The summed E-state index contributed by atoms with van der Waals surface area (Å²) in [6.07, 6.45) is 0.665. The highest BCUT2D eigenvalue weighted by Crippen LogP contribution is 2.30. The molecule has 10 heteroatoms. The predicted molar refractivity (Wildman–Crippen MR) is 125 cm³/mol. The quantitative estimate of drug-likeness (QED) is 0.473. The van der Waals surface area contributed by atoms with Crippen LogP contribution in [0.15, 0.2) is 16.9 Å². The Morgan fingerprint density at radius 2 is 2.06 bits per heavy atom. The molecule has 1 aliphatic heterocycles. The third-order valence-electron chi connectivity index (χ3n) is 5.64. The molecule has 1 aromatic carbocycles. The largest absolute Gasteiger partial charge is 0.497 e. The van der Waals surface area contributed by atoms with Gasteiger partial charge in [-0.25, -0.2) is 9.97 Å². The summed E-state index contributed by atoms with van der Waals surface area (Å²) >= 11 is 0. The number of H-pyrrole nitrogens is 1. The van der Waals surface area contributed by atoms with Crippen molar-refractivity contribution in [2.75, 3.05) is 49.9 Å². The van der Waals surface area contributed by atoms with E-state index in [0.29, 0.717) is 67.0 Å². The van der Waals surface area contributed by atoms with Crippen molar-refractivity contribution in [1.29, 1.82) is 0 Å². The first-order valence-electron chi connectivity index (χ1n) is 10.7. The topological polar surface area (TPSA) is 131 Å². The Bertz CT molecular complexity index is 1190. The smallest absolute Gasteiger partial charge is 0.260 e. The Morgan fingerprint density at radius 1 is 1.25 bits per heavy atom. The highest BCUT2D eigenvalue weighted by atomic mass is 16.5.